The molecule has 0 heterocycles. The van der Waals surface area contributed by atoms with Crippen molar-refractivity contribution in [3.8, 4) is 5.75 Å². The Labute approximate surface area is 115 Å². The van der Waals surface area contributed by atoms with Gasteiger partial charge in [0, 0.05) is 12.7 Å². The van der Waals surface area contributed by atoms with E-state index < -0.39 is 0 Å². The van der Waals surface area contributed by atoms with E-state index in [9.17, 15) is 4.39 Å². The normalized spacial score (nSPS) is 14.2. The van der Waals surface area contributed by atoms with Gasteiger partial charge in [0.25, 0.3) is 0 Å². The van der Waals surface area contributed by atoms with Crippen molar-refractivity contribution < 1.29 is 13.9 Å². The molecule has 3 nitrogen and oxygen atoms in total. The molecule has 108 valence electrons. The van der Waals surface area contributed by atoms with Crippen LogP contribution >= 0.6 is 0 Å². The molecule has 19 heavy (non-hydrogen) atoms. The Morgan fingerprint density at radius 3 is 2.53 bits per heavy atom. The maximum Gasteiger partial charge on any atom is 0.169 e. The van der Waals surface area contributed by atoms with Crippen LogP contribution in [0.4, 0.5) is 4.39 Å². The number of ether oxygens (including phenoxy) is 2. The Morgan fingerprint density at radius 2 is 2.00 bits per heavy atom. The molecule has 1 rings (SSSR count). The molecule has 0 bridgehead atoms. The third kappa shape index (κ3) is 3.91. The summed E-state index contributed by atoms with van der Waals surface area (Å²) in [5.41, 5.74) is 0.599. The molecule has 0 aliphatic rings. The first-order valence-corrected chi connectivity index (χ1v) is 6.78. The standard InChI is InChI=1S/C15H24FNO2/c1-5-10-17-15(12(6-2)18-3)11-8-7-9-13(19-4)14(11)16/h7-9,12,15,17H,5-6,10H2,1-4H3. The largest absolute Gasteiger partial charge is 0.494 e. The van der Waals surface area contributed by atoms with Gasteiger partial charge in [0.1, 0.15) is 0 Å². The van der Waals surface area contributed by atoms with Crippen LogP contribution in [-0.2, 0) is 4.74 Å². The Kier molecular flexibility index (Phi) is 6.81. The molecule has 0 radical (unpaired) electrons. The molecule has 0 saturated heterocycles. The lowest BCUT2D eigenvalue weighted by Crippen LogP contribution is -2.34. The molecular formula is C15H24FNO2. The lowest BCUT2D eigenvalue weighted by atomic mass is 9.98. The van der Waals surface area contributed by atoms with Crippen LogP contribution in [0.3, 0.4) is 0 Å². The zero-order chi connectivity index (χ0) is 14.3. The molecule has 1 aromatic carbocycles. The zero-order valence-corrected chi connectivity index (χ0v) is 12.2. The second-order valence-electron chi connectivity index (χ2n) is 4.48. The number of hydrogen-bond donors (Lipinski definition) is 1. The summed E-state index contributed by atoms with van der Waals surface area (Å²) in [5.74, 6) is -0.0409. The van der Waals surface area contributed by atoms with E-state index in [1.54, 1.807) is 25.3 Å². The van der Waals surface area contributed by atoms with Crippen molar-refractivity contribution in [3.63, 3.8) is 0 Å². The maximum atomic E-state index is 14.4. The van der Waals surface area contributed by atoms with Crippen LogP contribution in [0.1, 0.15) is 38.3 Å². The molecule has 0 aliphatic heterocycles. The molecule has 1 aromatic rings. The highest BCUT2D eigenvalue weighted by Crippen LogP contribution is 2.28. The Hall–Kier alpha value is -1.13. The van der Waals surface area contributed by atoms with Crippen molar-refractivity contribution in [1.29, 1.82) is 0 Å². The first-order valence-electron chi connectivity index (χ1n) is 6.78. The van der Waals surface area contributed by atoms with E-state index >= 15 is 0 Å². The number of methoxy groups -OCH3 is 2. The quantitative estimate of drug-likeness (QED) is 0.785. The molecule has 2 atom stereocenters. The lowest BCUT2D eigenvalue weighted by molar-refractivity contribution is 0.0638. The average Bonchev–Trinajstić information content (AvgIpc) is 2.44. The van der Waals surface area contributed by atoms with Crippen LogP contribution in [-0.4, -0.2) is 26.9 Å². The summed E-state index contributed by atoms with van der Waals surface area (Å²) in [7, 11) is 3.14. The topological polar surface area (TPSA) is 30.5 Å². The highest BCUT2D eigenvalue weighted by atomic mass is 19.1. The van der Waals surface area contributed by atoms with Crippen molar-refractivity contribution in [2.75, 3.05) is 20.8 Å². The summed E-state index contributed by atoms with van der Waals surface area (Å²) in [6, 6.07) is 5.06. The second kappa shape index (κ2) is 8.12. The van der Waals surface area contributed by atoms with Crippen LogP contribution in [0.25, 0.3) is 0 Å². The fourth-order valence-corrected chi connectivity index (χ4v) is 2.21. The monoisotopic (exact) mass is 269 g/mol. The highest BCUT2D eigenvalue weighted by molar-refractivity contribution is 5.33. The summed E-state index contributed by atoms with van der Waals surface area (Å²) in [6.45, 7) is 4.94. The van der Waals surface area contributed by atoms with Gasteiger partial charge < -0.3 is 14.8 Å². The maximum absolute atomic E-state index is 14.4. The number of nitrogens with one attached hydrogen (secondary N) is 1. The van der Waals surface area contributed by atoms with E-state index in [1.807, 2.05) is 6.92 Å². The summed E-state index contributed by atoms with van der Waals surface area (Å²) in [4.78, 5) is 0. The van der Waals surface area contributed by atoms with Gasteiger partial charge >= 0.3 is 0 Å². The Bertz CT molecular complexity index is 380. The van der Waals surface area contributed by atoms with Gasteiger partial charge in [-0.15, -0.1) is 0 Å². The molecule has 0 amide bonds. The first-order chi connectivity index (χ1) is 9.19. The zero-order valence-electron chi connectivity index (χ0n) is 12.2. The van der Waals surface area contributed by atoms with Gasteiger partial charge in [-0.25, -0.2) is 4.39 Å². The van der Waals surface area contributed by atoms with E-state index in [0.717, 1.165) is 19.4 Å². The van der Waals surface area contributed by atoms with Crippen LogP contribution in [0, 0.1) is 5.82 Å². The smallest absolute Gasteiger partial charge is 0.169 e. The summed E-state index contributed by atoms with van der Waals surface area (Å²) < 4.78 is 24.9. The highest BCUT2D eigenvalue weighted by Gasteiger charge is 2.25. The minimum Gasteiger partial charge on any atom is -0.494 e. The van der Waals surface area contributed by atoms with E-state index in [2.05, 4.69) is 12.2 Å². The van der Waals surface area contributed by atoms with Gasteiger partial charge in [-0.05, 0) is 25.5 Å². The summed E-state index contributed by atoms with van der Waals surface area (Å²) >= 11 is 0. The molecule has 2 unspecified atom stereocenters. The fraction of sp³-hybridized carbons (Fsp3) is 0.600. The van der Waals surface area contributed by atoms with Crippen LogP contribution < -0.4 is 10.1 Å². The SMILES string of the molecule is CCCNC(c1cccc(OC)c1F)C(CC)OC. The van der Waals surface area contributed by atoms with Gasteiger partial charge in [0.15, 0.2) is 11.6 Å². The van der Waals surface area contributed by atoms with Gasteiger partial charge in [-0.3, -0.25) is 0 Å². The molecule has 0 fully saturated rings. The number of rotatable bonds is 8. The minimum atomic E-state index is -0.311. The van der Waals surface area contributed by atoms with Gasteiger partial charge in [-0.2, -0.15) is 0 Å². The van der Waals surface area contributed by atoms with Crippen LogP contribution in [0.15, 0.2) is 18.2 Å². The molecule has 1 N–H and O–H groups in total. The van der Waals surface area contributed by atoms with E-state index in [-0.39, 0.29) is 23.7 Å². The molecule has 4 heteroatoms. The van der Waals surface area contributed by atoms with Gasteiger partial charge in [0.2, 0.25) is 0 Å². The number of hydrogen-bond acceptors (Lipinski definition) is 3. The summed E-state index contributed by atoms with van der Waals surface area (Å²) in [5, 5.41) is 3.36. The van der Waals surface area contributed by atoms with Gasteiger partial charge in [0.05, 0.1) is 19.3 Å². The third-order valence-electron chi connectivity index (χ3n) is 3.24. The van der Waals surface area contributed by atoms with E-state index in [1.165, 1.54) is 7.11 Å². The van der Waals surface area contributed by atoms with Gasteiger partial charge in [-0.1, -0.05) is 26.0 Å². The Morgan fingerprint density at radius 1 is 1.26 bits per heavy atom. The predicted octanol–water partition coefficient (Wildman–Crippen LogP) is 3.30. The lowest BCUT2D eigenvalue weighted by Gasteiger charge is -2.27. The minimum absolute atomic E-state index is 0.0619. The average molecular weight is 269 g/mol. The van der Waals surface area contributed by atoms with Crippen LogP contribution in [0.5, 0.6) is 5.75 Å². The van der Waals surface area contributed by atoms with E-state index in [4.69, 9.17) is 9.47 Å². The predicted molar refractivity (Wildman–Crippen MR) is 75.1 cm³/mol. The summed E-state index contributed by atoms with van der Waals surface area (Å²) in [6.07, 6.45) is 1.74. The molecular weight excluding hydrogens is 245 g/mol. The van der Waals surface area contributed by atoms with Crippen molar-refractivity contribution >= 4 is 0 Å². The molecule has 0 aromatic heterocycles. The number of halogens is 1. The second-order valence-corrected chi connectivity index (χ2v) is 4.48. The molecule has 0 spiro atoms. The van der Waals surface area contributed by atoms with Crippen molar-refractivity contribution in [2.45, 2.75) is 38.8 Å². The molecule has 0 saturated carbocycles. The van der Waals surface area contributed by atoms with Crippen LogP contribution in [0.2, 0.25) is 0 Å². The molecule has 0 aliphatic carbocycles. The number of benzene rings is 1. The van der Waals surface area contributed by atoms with Crippen molar-refractivity contribution in [2.24, 2.45) is 0 Å². The third-order valence-corrected chi connectivity index (χ3v) is 3.24. The fourth-order valence-electron chi connectivity index (χ4n) is 2.21. The van der Waals surface area contributed by atoms with Crippen molar-refractivity contribution in [1.82, 2.24) is 5.32 Å². The first kappa shape index (κ1) is 15.9. The Balaban J connectivity index is 3.08. The van der Waals surface area contributed by atoms with E-state index in [0.29, 0.717) is 5.56 Å². The van der Waals surface area contributed by atoms with Crippen molar-refractivity contribution in [3.05, 3.63) is 29.6 Å².